The van der Waals surface area contributed by atoms with Gasteiger partial charge >= 0.3 is 5.76 Å². The van der Waals surface area contributed by atoms with Crippen LogP contribution >= 0.6 is 0 Å². The predicted molar refractivity (Wildman–Crippen MR) is 44.3 cm³/mol. The molecule has 12 heavy (non-hydrogen) atoms. The van der Waals surface area contributed by atoms with Crippen molar-refractivity contribution in [1.82, 2.24) is 4.98 Å². The molecule has 0 radical (unpaired) electrons. The molecule has 1 aromatic heterocycles. The van der Waals surface area contributed by atoms with Crippen molar-refractivity contribution in [2.75, 3.05) is 0 Å². The summed E-state index contributed by atoms with van der Waals surface area (Å²) in [5.74, 6) is -0.276. The fourth-order valence-corrected chi connectivity index (χ4v) is 1.23. The highest BCUT2D eigenvalue weighted by molar-refractivity contribution is 5.16. The van der Waals surface area contributed by atoms with Crippen LogP contribution in [0, 0.1) is 0 Å². The Morgan fingerprint density at radius 3 is 2.75 bits per heavy atom. The third-order valence-corrected chi connectivity index (χ3v) is 1.83. The average molecular weight is 171 g/mol. The van der Waals surface area contributed by atoms with Crippen LogP contribution in [0.3, 0.4) is 0 Å². The van der Waals surface area contributed by atoms with Crippen molar-refractivity contribution in [3.05, 3.63) is 16.3 Å². The number of hydrogen-bond donors (Lipinski definition) is 2. The van der Waals surface area contributed by atoms with Crippen molar-refractivity contribution in [3.63, 3.8) is 0 Å². The molecule has 4 heteroatoms. The molecule has 1 aromatic rings. The maximum absolute atomic E-state index is 10.6. The van der Waals surface area contributed by atoms with E-state index in [-0.39, 0.29) is 11.8 Å². The zero-order valence-corrected chi connectivity index (χ0v) is 7.26. The highest BCUT2D eigenvalue weighted by atomic mass is 16.4. The third kappa shape index (κ3) is 1.69. The number of nitrogens with one attached hydrogen (secondary N) is 1. The molecule has 1 heterocycles. The fourth-order valence-electron chi connectivity index (χ4n) is 1.23. The first kappa shape index (κ1) is 8.90. The highest BCUT2D eigenvalue weighted by Crippen LogP contribution is 2.25. The lowest BCUT2D eigenvalue weighted by molar-refractivity contribution is 0.394. The summed E-state index contributed by atoms with van der Waals surface area (Å²) in [6, 6.07) is 0. The Balaban J connectivity index is 2.86. The van der Waals surface area contributed by atoms with Crippen LogP contribution in [0.15, 0.2) is 9.21 Å². The summed E-state index contributed by atoms with van der Waals surface area (Å²) in [6.45, 7) is 3.95. The van der Waals surface area contributed by atoms with E-state index in [1.807, 2.05) is 13.8 Å². The van der Waals surface area contributed by atoms with E-state index in [0.717, 1.165) is 12.8 Å². The Labute approximate surface area is 70.2 Å². The Bertz CT molecular complexity index is 299. The van der Waals surface area contributed by atoms with E-state index in [1.165, 1.54) is 0 Å². The highest BCUT2D eigenvalue weighted by Gasteiger charge is 2.15. The first-order valence-corrected chi connectivity index (χ1v) is 4.07. The zero-order chi connectivity index (χ0) is 9.14. The molecule has 1 atom stereocenters. The number of oxazole rings is 1. The molecule has 0 aliphatic rings. The van der Waals surface area contributed by atoms with Gasteiger partial charge in [-0.2, -0.15) is 0 Å². The number of H-pyrrole nitrogens is 1. The lowest BCUT2D eigenvalue weighted by atomic mass is 10.0. The summed E-state index contributed by atoms with van der Waals surface area (Å²) in [5, 5.41) is 9.18. The van der Waals surface area contributed by atoms with Gasteiger partial charge < -0.3 is 9.52 Å². The van der Waals surface area contributed by atoms with Crippen LogP contribution < -0.4 is 5.76 Å². The minimum Gasteiger partial charge on any atom is -0.492 e. The zero-order valence-electron chi connectivity index (χ0n) is 7.26. The maximum Gasteiger partial charge on any atom is 0.419 e. The molecule has 0 aliphatic heterocycles. The van der Waals surface area contributed by atoms with E-state index >= 15 is 0 Å². The first-order chi connectivity index (χ1) is 5.65. The van der Waals surface area contributed by atoms with Gasteiger partial charge in [0.05, 0.1) is 0 Å². The van der Waals surface area contributed by atoms with E-state index in [2.05, 4.69) is 4.98 Å². The Morgan fingerprint density at radius 2 is 2.33 bits per heavy atom. The van der Waals surface area contributed by atoms with Gasteiger partial charge in [-0.25, -0.2) is 4.79 Å². The van der Waals surface area contributed by atoms with Crippen LogP contribution in [0.25, 0.3) is 0 Å². The maximum atomic E-state index is 10.6. The normalized spacial score (nSPS) is 13.2. The van der Waals surface area contributed by atoms with E-state index in [9.17, 15) is 9.90 Å². The quantitative estimate of drug-likeness (QED) is 0.725. The number of aromatic amines is 1. The topological polar surface area (TPSA) is 66.2 Å². The summed E-state index contributed by atoms with van der Waals surface area (Å²) in [6.07, 6.45) is 1.89. The van der Waals surface area contributed by atoms with Crippen LogP contribution in [-0.2, 0) is 0 Å². The lowest BCUT2D eigenvalue weighted by Crippen LogP contribution is -1.94. The molecule has 0 aromatic carbocycles. The minimum absolute atomic E-state index is 0.0916. The number of rotatable bonds is 3. The molecule has 1 rings (SSSR count). The molecule has 0 bridgehead atoms. The van der Waals surface area contributed by atoms with Crippen molar-refractivity contribution < 1.29 is 9.52 Å². The van der Waals surface area contributed by atoms with Crippen molar-refractivity contribution in [1.29, 1.82) is 0 Å². The Hall–Kier alpha value is -1.19. The largest absolute Gasteiger partial charge is 0.492 e. The molecule has 0 fully saturated rings. The van der Waals surface area contributed by atoms with Crippen molar-refractivity contribution in [2.24, 2.45) is 0 Å². The van der Waals surface area contributed by atoms with Crippen molar-refractivity contribution in [2.45, 2.75) is 32.6 Å². The SMILES string of the molecule is CCCC(C)c1oc(=O)[nH]c1O. The number of hydrogen-bond acceptors (Lipinski definition) is 3. The molecule has 2 N–H and O–H groups in total. The van der Waals surface area contributed by atoms with Gasteiger partial charge in [0.1, 0.15) is 0 Å². The van der Waals surface area contributed by atoms with Crippen LogP contribution in [0.1, 0.15) is 38.4 Å². The second-order valence-electron chi connectivity index (χ2n) is 2.92. The smallest absolute Gasteiger partial charge is 0.419 e. The van der Waals surface area contributed by atoms with Gasteiger partial charge in [0.2, 0.25) is 5.88 Å². The van der Waals surface area contributed by atoms with Crippen LogP contribution in [0.5, 0.6) is 5.88 Å². The van der Waals surface area contributed by atoms with E-state index in [1.54, 1.807) is 0 Å². The number of aromatic nitrogens is 1. The van der Waals surface area contributed by atoms with Gasteiger partial charge in [-0.05, 0) is 6.42 Å². The van der Waals surface area contributed by atoms with E-state index < -0.39 is 5.76 Å². The molecular formula is C8H13NO3. The second kappa shape index (κ2) is 3.47. The molecule has 0 spiro atoms. The Kier molecular flexibility index (Phi) is 2.58. The third-order valence-electron chi connectivity index (χ3n) is 1.83. The van der Waals surface area contributed by atoms with Gasteiger partial charge in [-0.1, -0.05) is 20.3 Å². The summed E-state index contributed by atoms with van der Waals surface area (Å²) >= 11 is 0. The lowest BCUT2D eigenvalue weighted by Gasteiger charge is -2.04. The van der Waals surface area contributed by atoms with Gasteiger partial charge in [0.15, 0.2) is 5.76 Å². The van der Waals surface area contributed by atoms with Crippen LogP contribution in [-0.4, -0.2) is 10.1 Å². The summed E-state index contributed by atoms with van der Waals surface area (Å²) in [7, 11) is 0. The molecule has 0 saturated carbocycles. The molecule has 0 amide bonds. The van der Waals surface area contributed by atoms with Gasteiger partial charge in [-0.3, -0.25) is 4.98 Å². The molecular weight excluding hydrogens is 158 g/mol. The standard InChI is InChI=1S/C8H13NO3/c1-3-4-5(2)6-7(10)9-8(11)12-6/h5,10H,3-4H2,1-2H3,(H,9,11). The second-order valence-corrected chi connectivity index (χ2v) is 2.92. The summed E-state index contributed by atoms with van der Waals surface area (Å²) in [4.78, 5) is 12.8. The van der Waals surface area contributed by atoms with Gasteiger partial charge in [0, 0.05) is 5.92 Å². The van der Waals surface area contributed by atoms with E-state index in [4.69, 9.17) is 4.42 Å². The number of aromatic hydroxyl groups is 1. The molecule has 68 valence electrons. The molecule has 0 aliphatic carbocycles. The first-order valence-electron chi connectivity index (χ1n) is 4.07. The minimum atomic E-state index is -0.592. The molecule has 1 unspecified atom stereocenters. The molecule has 4 nitrogen and oxygen atoms in total. The predicted octanol–water partition coefficient (Wildman–Crippen LogP) is 1.58. The van der Waals surface area contributed by atoms with Gasteiger partial charge in [-0.15, -0.1) is 0 Å². The average Bonchev–Trinajstić information content (AvgIpc) is 2.30. The van der Waals surface area contributed by atoms with Crippen LogP contribution in [0.2, 0.25) is 0 Å². The fraction of sp³-hybridized carbons (Fsp3) is 0.625. The van der Waals surface area contributed by atoms with Crippen LogP contribution in [0.4, 0.5) is 0 Å². The Morgan fingerprint density at radius 1 is 1.67 bits per heavy atom. The summed E-state index contributed by atoms with van der Waals surface area (Å²) in [5.41, 5.74) is 0. The van der Waals surface area contributed by atoms with Crippen molar-refractivity contribution in [3.8, 4) is 5.88 Å². The summed E-state index contributed by atoms with van der Waals surface area (Å²) < 4.78 is 4.77. The van der Waals surface area contributed by atoms with Gasteiger partial charge in [0.25, 0.3) is 0 Å². The molecule has 0 saturated heterocycles. The monoisotopic (exact) mass is 171 g/mol. The van der Waals surface area contributed by atoms with Crippen molar-refractivity contribution >= 4 is 0 Å². The van der Waals surface area contributed by atoms with E-state index in [0.29, 0.717) is 5.76 Å².